The fourth-order valence-electron chi connectivity index (χ4n) is 3.57. The van der Waals surface area contributed by atoms with Crippen molar-refractivity contribution in [3.63, 3.8) is 0 Å². The van der Waals surface area contributed by atoms with Gasteiger partial charge in [0.05, 0.1) is 6.54 Å². The van der Waals surface area contributed by atoms with Crippen molar-refractivity contribution in [2.45, 2.75) is 25.6 Å². The molecular formula is C21H18FN3O2. The first-order chi connectivity index (χ1) is 13.2. The van der Waals surface area contributed by atoms with E-state index in [2.05, 4.69) is 23.2 Å². The van der Waals surface area contributed by atoms with Crippen molar-refractivity contribution >= 4 is 0 Å². The fraction of sp³-hybridized carbons (Fsp3) is 0.238. The van der Waals surface area contributed by atoms with E-state index >= 15 is 0 Å². The number of nitrogens with zero attached hydrogens (tertiary/aromatic N) is 3. The molecule has 0 bridgehead atoms. The first-order valence-corrected chi connectivity index (χ1v) is 8.75. The molecule has 0 saturated carbocycles. The Morgan fingerprint density at radius 2 is 2.04 bits per heavy atom. The first kappa shape index (κ1) is 17.3. The van der Waals surface area contributed by atoms with Gasteiger partial charge in [0.2, 0.25) is 5.89 Å². The van der Waals surface area contributed by atoms with Crippen LogP contribution in [0.2, 0.25) is 0 Å². The van der Waals surface area contributed by atoms with Gasteiger partial charge in [-0.05, 0) is 48.2 Å². The molecule has 2 aromatic carbocycles. The molecular weight excluding hydrogens is 345 g/mol. The Bertz CT molecular complexity index is 1050. The van der Waals surface area contributed by atoms with Crippen LogP contribution >= 0.6 is 0 Å². The topological polar surface area (TPSA) is 51.3 Å². The average molecular weight is 363 g/mol. The molecule has 3 aromatic rings. The molecule has 0 fully saturated rings. The molecule has 0 aliphatic heterocycles. The summed E-state index contributed by atoms with van der Waals surface area (Å²) < 4.78 is 19.6. The quantitative estimate of drug-likeness (QED) is 0.653. The van der Waals surface area contributed by atoms with Crippen LogP contribution in [0.3, 0.4) is 0 Å². The lowest BCUT2D eigenvalue weighted by molar-refractivity contribution is 0.158. The van der Waals surface area contributed by atoms with E-state index in [9.17, 15) is 9.18 Å². The van der Waals surface area contributed by atoms with Crippen molar-refractivity contribution in [3.8, 4) is 23.8 Å². The van der Waals surface area contributed by atoms with Crippen LogP contribution in [0, 0.1) is 18.2 Å². The maximum Gasteiger partial charge on any atom is 0.438 e. The SMILES string of the molecule is C#CCN(Cn1nc(-c2ccc(F)cc2)oc1=O)[C@H]1CCc2ccccc21. The van der Waals surface area contributed by atoms with Crippen molar-refractivity contribution in [3.05, 3.63) is 76.0 Å². The number of hydrogen-bond donors (Lipinski definition) is 0. The molecule has 1 aliphatic rings. The van der Waals surface area contributed by atoms with Crippen LogP contribution < -0.4 is 5.76 Å². The highest BCUT2D eigenvalue weighted by Crippen LogP contribution is 2.35. The number of aromatic nitrogens is 2. The minimum absolute atomic E-state index is 0.134. The Morgan fingerprint density at radius 1 is 1.26 bits per heavy atom. The molecule has 136 valence electrons. The maximum atomic E-state index is 13.1. The Morgan fingerprint density at radius 3 is 2.81 bits per heavy atom. The van der Waals surface area contributed by atoms with Gasteiger partial charge in [0, 0.05) is 11.6 Å². The second kappa shape index (κ2) is 7.22. The average Bonchev–Trinajstić information content (AvgIpc) is 3.26. The van der Waals surface area contributed by atoms with Crippen LogP contribution in [-0.2, 0) is 13.1 Å². The number of rotatable bonds is 5. The van der Waals surface area contributed by atoms with Gasteiger partial charge in [-0.15, -0.1) is 11.5 Å². The van der Waals surface area contributed by atoms with Gasteiger partial charge < -0.3 is 4.42 Å². The second-order valence-electron chi connectivity index (χ2n) is 6.53. The third-order valence-electron chi connectivity index (χ3n) is 4.85. The highest BCUT2D eigenvalue weighted by atomic mass is 19.1. The van der Waals surface area contributed by atoms with Crippen molar-refractivity contribution in [1.29, 1.82) is 0 Å². The van der Waals surface area contributed by atoms with Crippen molar-refractivity contribution in [2.24, 2.45) is 0 Å². The van der Waals surface area contributed by atoms with Gasteiger partial charge in [0.15, 0.2) is 0 Å². The lowest BCUT2D eigenvalue weighted by Crippen LogP contribution is -2.34. The number of terminal acetylenes is 1. The molecule has 0 amide bonds. The third kappa shape index (κ3) is 3.42. The van der Waals surface area contributed by atoms with E-state index in [1.54, 1.807) is 0 Å². The summed E-state index contributed by atoms with van der Waals surface area (Å²) in [5.41, 5.74) is 3.09. The second-order valence-corrected chi connectivity index (χ2v) is 6.53. The molecule has 1 atom stereocenters. The summed E-state index contributed by atoms with van der Waals surface area (Å²) in [7, 11) is 0. The van der Waals surface area contributed by atoms with Gasteiger partial charge >= 0.3 is 5.76 Å². The summed E-state index contributed by atoms with van der Waals surface area (Å²) in [5, 5.41) is 4.26. The largest absolute Gasteiger partial charge is 0.438 e. The van der Waals surface area contributed by atoms with E-state index in [-0.39, 0.29) is 24.4 Å². The molecule has 0 spiro atoms. The summed E-state index contributed by atoms with van der Waals surface area (Å²) in [6.45, 7) is 0.622. The van der Waals surface area contributed by atoms with Gasteiger partial charge in [-0.2, -0.15) is 4.68 Å². The third-order valence-corrected chi connectivity index (χ3v) is 4.85. The van der Waals surface area contributed by atoms with E-state index < -0.39 is 5.76 Å². The van der Waals surface area contributed by atoms with Crippen molar-refractivity contribution in [2.75, 3.05) is 6.54 Å². The van der Waals surface area contributed by atoms with Gasteiger partial charge in [-0.25, -0.2) is 9.18 Å². The number of fused-ring (bicyclic) bond motifs is 1. The lowest BCUT2D eigenvalue weighted by Gasteiger charge is -2.26. The van der Waals surface area contributed by atoms with E-state index in [0.29, 0.717) is 12.1 Å². The highest BCUT2D eigenvalue weighted by molar-refractivity contribution is 5.51. The summed E-state index contributed by atoms with van der Waals surface area (Å²) in [6, 6.07) is 14.1. The highest BCUT2D eigenvalue weighted by Gasteiger charge is 2.28. The van der Waals surface area contributed by atoms with E-state index in [1.165, 1.54) is 40.1 Å². The summed E-state index contributed by atoms with van der Waals surface area (Å²) in [6.07, 6.45) is 7.49. The molecule has 6 heteroatoms. The molecule has 27 heavy (non-hydrogen) atoms. The van der Waals surface area contributed by atoms with Crippen LogP contribution in [-0.4, -0.2) is 21.2 Å². The maximum absolute atomic E-state index is 13.1. The van der Waals surface area contributed by atoms with Gasteiger partial charge in [0.25, 0.3) is 0 Å². The summed E-state index contributed by atoms with van der Waals surface area (Å²) >= 11 is 0. The fourth-order valence-corrected chi connectivity index (χ4v) is 3.57. The van der Waals surface area contributed by atoms with Crippen LogP contribution in [0.5, 0.6) is 0 Å². The van der Waals surface area contributed by atoms with E-state index in [4.69, 9.17) is 10.8 Å². The monoisotopic (exact) mass is 363 g/mol. The number of halogens is 1. The minimum atomic E-state index is -0.567. The van der Waals surface area contributed by atoms with E-state index in [1.807, 2.05) is 17.0 Å². The smallest absolute Gasteiger partial charge is 0.388 e. The molecule has 0 saturated heterocycles. The standard InChI is InChI=1S/C21H18FN3O2/c1-2-13-24(19-12-9-15-5-3-4-6-18(15)19)14-25-21(26)27-20(23-25)16-7-10-17(22)11-8-16/h1,3-8,10-11,19H,9,12-14H2/t19-/m0/s1. The molecule has 4 rings (SSSR count). The minimum Gasteiger partial charge on any atom is -0.388 e. The van der Waals surface area contributed by atoms with E-state index in [0.717, 1.165) is 12.8 Å². The first-order valence-electron chi connectivity index (χ1n) is 8.75. The number of hydrogen-bond acceptors (Lipinski definition) is 4. The zero-order valence-corrected chi connectivity index (χ0v) is 14.6. The normalized spacial score (nSPS) is 15.7. The van der Waals surface area contributed by atoms with Gasteiger partial charge in [-0.3, -0.25) is 4.90 Å². The van der Waals surface area contributed by atoms with Gasteiger partial charge in [0.1, 0.15) is 12.5 Å². The Balaban J connectivity index is 1.61. The molecule has 0 unspecified atom stereocenters. The van der Waals surface area contributed by atoms with Crippen molar-refractivity contribution < 1.29 is 8.81 Å². The number of benzene rings is 2. The Hall–Kier alpha value is -3.17. The van der Waals surface area contributed by atoms with Crippen LogP contribution in [0.1, 0.15) is 23.6 Å². The van der Waals surface area contributed by atoms with Crippen molar-refractivity contribution in [1.82, 2.24) is 14.7 Å². The zero-order valence-electron chi connectivity index (χ0n) is 14.6. The summed E-state index contributed by atoms with van der Waals surface area (Å²) in [4.78, 5) is 14.3. The van der Waals surface area contributed by atoms with Crippen LogP contribution in [0.25, 0.3) is 11.5 Å². The zero-order chi connectivity index (χ0) is 18.8. The molecule has 1 aliphatic carbocycles. The lowest BCUT2D eigenvalue weighted by atomic mass is 10.1. The molecule has 1 aromatic heterocycles. The van der Waals surface area contributed by atoms with Crippen LogP contribution in [0.15, 0.2) is 57.7 Å². The Labute approximate surface area is 156 Å². The summed E-state index contributed by atoms with van der Waals surface area (Å²) in [5.74, 6) is 1.90. The molecule has 5 nitrogen and oxygen atoms in total. The molecule has 1 heterocycles. The predicted molar refractivity (Wildman–Crippen MR) is 99.2 cm³/mol. The molecule has 0 N–H and O–H groups in total. The Kier molecular flexibility index (Phi) is 4.61. The molecule has 0 radical (unpaired) electrons. The van der Waals surface area contributed by atoms with Crippen LogP contribution in [0.4, 0.5) is 4.39 Å². The number of aryl methyl sites for hydroxylation is 1. The van der Waals surface area contributed by atoms with Gasteiger partial charge in [-0.1, -0.05) is 30.2 Å². The predicted octanol–water partition coefficient (Wildman–Crippen LogP) is 3.22.